The van der Waals surface area contributed by atoms with Gasteiger partial charge in [-0.1, -0.05) is 12.8 Å². The average Bonchev–Trinajstić information content (AvgIpc) is 2.41. The third-order valence-electron chi connectivity index (χ3n) is 5.01. The Kier molecular flexibility index (Phi) is 5.93. The highest BCUT2D eigenvalue weighted by atomic mass is 15.1. The first-order chi connectivity index (χ1) is 8.79. The normalized spacial score (nSPS) is 31.7. The summed E-state index contributed by atoms with van der Waals surface area (Å²) >= 11 is 0. The first-order valence-corrected chi connectivity index (χ1v) is 7.91. The Bertz CT molecular complexity index is 224. The van der Waals surface area contributed by atoms with E-state index in [1.807, 2.05) is 0 Å². The number of nitrogens with two attached hydrogens (primary N) is 1. The van der Waals surface area contributed by atoms with Crippen LogP contribution in [0, 0.1) is 11.8 Å². The molecule has 0 aromatic rings. The zero-order valence-electron chi connectivity index (χ0n) is 12.0. The van der Waals surface area contributed by atoms with Gasteiger partial charge in [-0.25, -0.2) is 0 Å². The van der Waals surface area contributed by atoms with E-state index in [0.717, 1.165) is 18.4 Å². The molecule has 2 rings (SSSR count). The minimum Gasteiger partial charge on any atom is -0.330 e. The number of piperidine rings is 1. The van der Waals surface area contributed by atoms with Crippen molar-refractivity contribution in [2.45, 2.75) is 51.0 Å². The van der Waals surface area contributed by atoms with Gasteiger partial charge in [0.2, 0.25) is 0 Å². The van der Waals surface area contributed by atoms with Crippen LogP contribution in [0.2, 0.25) is 0 Å². The fourth-order valence-corrected chi connectivity index (χ4v) is 3.58. The van der Waals surface area contributed by atoms with E-state index in [9.17, 15) is 0 Å². The van der Waals surface area contributed by atoms with E-state index >= 15 is 0 Å². The Morgan fingerprint density at radius 2 is 1.83 bits per heavy atom. The molecule has 0 spiro atoms. The Balaban J connectivity index is 1.62. The van der Waals surface area contributed by atoms with Gasteiger partial charge in [-0.15, -0.1) is 0 Å². The molecule has 1 aliphatic carbocycles. The van der Waals surface area contributed by atoms with Crippen LogP contribution >= 0.6 is 0 Å². The number of rotatable bonds is 5. The van der Waals surface area contributed by atoms with Crippen molar-refractivity contribution >= 4 is 0 Å². The lowest BCUT2D eigenvalue weighted by atomic mass is 9.84. The first kappa shape index (κ1) is 14.3. The summed E-state index contributed by atoms with van der Waals surface area (Å²) in [7, 11) is 2.24. The lowest BCUT2D eigenvalue weighted by Gasteiger charge is -2.33. The van der Waals surface area contributed by atoms with Gasteiger partial charge < -0.3 is 16.0 Å². The molecule has 18 heavy (non-hydrogen) atoms. The number of nitrogens with zero attached hydrogens (tertiary/aromatic N) is 1. The highest BCUT2D eigenvalue weighted by Gasteiger charge is 2.23. The average molecular weight is 253 g/mol. The van der Waals surface area contributed by atoms with Crippen LogP contribution in [0.4, 0.5) is 0 Å². The highest BCUT2D eigenvalue weighted by Crippen LogP contribution is 2.24. The predicted octanol–water partition coefficient (Wildman–Crippen LogP) is 1.83. The van der Waals surface area contributed by atoms with E-state index in [-0.39, 0.29) is 0 Å². The van der Waals surface area contributed by atoms with Gasteiger partial charge in [-0.3, -0.25) is 0 Å². The van der Waals surface area contributed by atoms with Crippen LogP contribution in [0.15, 0.2) is 0 Å². The van der Waals surface area contributed by atoms with Gasteiger partial charge in [0.15, 0.2) is 0 Å². The minimum atomic E-state index is 0.704. The van der Waals surface area contributed by atoms with E-state index < -0.39 is 0 Å². The molecule has 3 heteroatoms. The number of likely N-dealkylation sites (tertiary alicyclic amines) is 1. The van der Waals surface area contributed by atoms with E-state index in [1.54, 1.807) is 0 Å². The Hall–Kier alpha value is -0.120. The van der Waals surface area contributed by atoms with E-state index in [2.05, 4.69) is 17.3 Å². The van der Waals surface area contributed by atoms with Gasteiger partial charge in [0.1, 0.15) is 0 Å². The lowest BCUT2D eigenvalue weighted by Crippen LogP contribution is -2.42. The van der Waals surface area contributed by atoms with Crippen LogP contribution in [-0.2, 0) is 0 Å². The Labute approximate surface area is 112 Å². The maximum absolute atomic E-state index is 5.88. The predicted molar refractivity (Wildman–Crippen MR) is 77.6 cm³/mol. The first-order valence-electron chi connectivity index (χ1n) is 7.91. The zero-order valence-corrected chi connectivity index (χ0v) is 12.0. The molecule has 0 radical (unpaired) electrons. The molecule has 106 valence electrons. The molecular weight excluding hydrogens is 222 g/mol. The van der Waals surface area contributed by atoms with Gasteiger partial charge in [0, 0.05) is 6.04 Å². The Morgan fingerprint density at radius 1 is 1.11 bits per heavy atom. The molecule has 1 heterocycles. The SMILES string of the molecule is CN1CCC(CCNC2CCCCC2CN)CC1. The lowest BCUT2D eigenvalue weighted by molar-refractivity contribution is 0.204. The van der Waals surface area contributed by atoms with Crippen molar-refractivity contribution < 1.29 is 0 Å². The van der Waals surface area contributed by atoms with Gasteiger partial charge in [-0.05, 0) is 77.2 Å². The van der Waals surface area contributed by atoms with Gasteiger partial charge >= 0.3 is 0 Å². The maximum atomic E-state index is 5.88. The zero-order chi connectivity index (χ0) is 12.8. The van der Waals surface area contributed by atoms with Crippen LogP contribution < -0.4 is 11.1 Å². The molecule has 1 saturated heterocycles. The third kappa shape index (κ3) is 4.22. The fourth-order valence-electron chi connectivity index (χ4n) is 3.58. The summed E-state index contributed by atoms with van der Waals surface area (Å²) in [5.74, 6) is 1.69. The van der Waals surface area contributed by atoms with Crippen molar-refractivity contribution in [2.75, 3.05) is 33.2 Å². The molecule has 3 nitrogen and oxygen atoms in total. The molecule has 0 bridgehead atoms. The quantitative estimate of drug-likeness (QED) is 0.785. The van der Waals surface area contributed by atoms with Gasteiger partial charge in [-0.2, -0.15) is 0 Å². The summed E-state index contributed by atoms with van der Waals surface area (Å²) in [6, 6.07) is 0.704. The summed E-state index contributed by atoms with van der Waals surface area (Å²) in [5.41, 5.74) is 5.88. The van der Waals surface area contributed by atoms with Crippen molar-refractivity contribution in [3.63, 3.8) is 0 Å². The van der Waals surface area contributed by atoms with Crippen LogP contribution in [0.5, 0.6) is 0 Å². The molecule has 3 N–H and O–H groups in total. The van der Waals surface area contributed by atoms with Crippen molar-refractivity contribution in [1.82, 2.24) is 10.2 Å². The molecule has 0 aromatic heterocycles. The molecule has 2 aliphatic rings. The standard InChI is InChI=1S/C15H31N3/c1-18-10-7-13(8-11-18)6-9-17-15-5-3-2-4-14(15)12-16/h13-15,17H,2-12,16H2,1H3. The summed E-state index contributed by atoms with van der Waals surface area (Å²) in [6.45, 7) is 4.65. The molecule has 1 saturated carbocycles. The molecular formula is C15H31N3. The smallest absolute Gasteiger partial charge is 0.0107 e. The summed E-state index contributed by atoms with van der Waals surface area (Å²) < 4.78 is 0. The van der Waals surface area contributed by atoms with Crippen molar-refractivity contribution in [3.05, 3.63) is 0 Å². The van der Waals surface area contributed by atoms with Crippen molar-refractivity contribution in [1.29, 1.82) is 0 Å². The topological polar surface area (TPSA) is 41.3 Å². The summed E-state index contributed by atoms with van der Waals surface area (Å²) in [6.07, 6.45) is 9.60. The monoisotopic (exact) mass is 253 g/mol. The number of hydrogen-bond acceptors (Lipinski definition) is 3. The van der Waals surface area contributed by atoms with Crippen LogP contribution in [0.3, 0.4) is 0 Å². The third-order valence-corrected chi connectivity index (χ3v) is 5.01. The number of hydrogen-bond donors (Lipinski definition) is 2. The minimum absolute atomic E-state index is 0.704. The second-order valence-corrected chi connectivity index (χ2v) is 6.38. The summed E-state index contributed by atoms with van der Waals surface area (Å²) in [5, 5.41) is 3.79. The molecule has 2 fully saturated rings. The molecule has 2 unspecified atom stereocenters. The van der Waals surface area contributed by atoms with Gasteiger partial charge in [0.25, 0.3) is 0 Å². The van der Waals surface area contributed by atoms with E-state index in [1.165, 1.54) is 64.6 Å². The highest BCUT2D eigenvalue weighted by molar-refractivity contribution is 4.82. The largest absolute Gasteiger partial charge is 0.330 e. The summed E-state index contributed by atoms with van der Waals surface area (Å²) in [4.78, 5) is 2.45. The maximum Gasteiger partial charge on any atom is 0.0107 e. The number of nitrogens with one attached hydrogen (secondary N) is 1. The second-order valence-electron chi connectivity index (χ2n) is 6.38. The van der Waals surface area contributed by atoms with Crippen LogP contribution in [-0.4, -0.2) is 44.2 Å². The van der Waals surface area contributed by atoms with E-state index in [0.29, 0.717) is 6.04 Å². The molecule has 0 amide bonds. The van der Waals surface area contributed by atoms with Crippen molar-refractivity contribution in [2.24, 2.45) is 17.6 Å². The van der Waals surface area contributed by atoms with Crippen LogP contribution in [0.25, 0.3) is 0 Å². The molecule has 0 aromatic carbocycles. The second kappa shape index (κ2) is 7.46. The fraction of sp³-hybridized carbons (Fsp3) is 1.00. The van der Waals surface area contributed by atoms with Crippen LogP contribution in [0.1, 0.15) is 44.9 Å². The molecule has 2 atom stereocenters. The van der Waals surface area contributed by atoms with E-state index in [4.69, 9.17) is 5.73 Å². The molecule has 1 aliphatic heterocycles. The van der Waals surface area contributed by atoms with Gasteiger partial charge in [0.05, 0.1) is 0 Å². The Morgan fingerprint density at radius 3 is 2.56 bits per heavy atom. The van der Waals surface area contributed by atoms with Crippen molar-refractivity contribution in [3.8, 4) is 0 Å².